The molecule has 5 heteroatoms. The third kappa shape index (κ3) is 5.79. The quantitative estimate of drug-likeness (QED) is 0.141. The summed E-state index contributed by atoms with van der Waals surface area (Å²) in [6.07, 6.45) is 15.0. The lowest BCUT2D eigenvalue weighted by molar-refractivity contribution is -0.145. The van der Waals surface area contributed by atoms with Gasteiger partial charge in [0.05, 0.1) is 26.2 Å². The highest BCUT2D eigenvalue weighted by molar-refractivity contribution is 14.1. The van der Waals surface area contributed by atoms with E-state index in [1.54, 1.807) is 12.7 Å². The van der Waals surface area contributed by atoms with Crippen LogP contribution < -0.4 is 4.74 Å². The van der Waals surface area contributed by atoms with E-state index in [1.807, 2.05) is 24.3 Å². The second-order valence-corrected chi connectivity index (χ2v) is 13.5. The van der Waals surface area contributed by atoms with E-state index in [2.05, 4.69) is 61.6 Å². The maximum Gasteiger partial charge on any atom is 0.309 e. The molecule has 0 amide bonds. The fourth-order valence-corrected chi connectivity index (χ4v) is 7.95. The lowest BCUT2D eigenvalue weighted by atomic mass is 9.79. The Balaban J connectivity index is 1.07. The Kier molecular flexibility index (Phi) is 8.73. The monoisotopic (exact) mass is 630 g/mol. The zero-order valence-corrected chi connectivity index (χ0v) is 25.5. The maximum absolute atomic E-state index is 13.0. The first-order chi connectivity index (χ1) is 18.3. The molecule has 0 radical (unpaired) electrons. The van der Waals surface area contributed by atoms with E-state index in [1.165, 1.54) is 22.0 Å². The number of rotatable bonds is 11. The predicted octanol–water partition coefficient (Wildman–Crippen LogP) is 8.21. The van der Waals surface area contributed by atoms with Gasteiger partial charge < -0.3 is 14.2 Å². The van der Waals surface area contributed by atoms with Gasteiger partial charge >= 0.3 is 5.97 Å². The lowest BCUT2D eigenvalue weighted by Crippen LogP contribution is -2.25. The number of benzene rings is 1. The minimum atomic E-state index is 0.0335. The molecule has 1 heterocycles. The number of hydrogen-bond acceptors (Lipinski definition) is 4. The highest BCUT2D eigenvalue weighted by Gasteiger charge is 2.70. The number of ether oxygens (including phenoxy) is 3. The second kappa shape index (κ2) is 11.9. The minimum absolute atomic E-state index is 0.0335. The summed E-state index contributed by atoms with van der Waals surface area (Å²) in [6.45, 7) is 8.13. The number of carbonyl (C=O) groups is 1. The predicted molar refractivity (Wildman–Crippen MR) is 160 cm³/mol. The van der Waals surface area contributed by atoms with Gasteiger partial charge in [-0.05, 0) is 113 Å². The molecule has 0 aromatic heterocycles. The van der Waals surface area contributed by atoms with Crippen LogP contribution in [0.15, 0.2) is 57.2 Å². The van der Waals surface area contributed by atoms with Crippen LogP contribution in [0, 0.1) is 35.0 Å². The van der Waals surface area contributed by atoms with E-state index in [0.29, 0.717) is 42.3 Å². The fourth-order valence-electron chi connectivity index (χ4n) is 7.39. The van der Waals surface area contributed by atoms with Crippen LogP contribution in [-0.4, -0.2) is 25.8 Å². The molecule has 4 nitrogen and oxygen atoms in total. The van der Waals surface area contributed by atoms with E-state index in [-0.39, 0.29) is 18.0 Å². The SMILES string of the molecule is COc1ccc(COC/C(C)=C/CC[C@H](C)/C(I)=C/C[C@@H]2C(=O)O[C@@H]3[C@@H]2CCC2=CCC[C@]4(C)[C@H]3[C@H]24)cc1. The lowest BCUT2D eigenvalue weighted by Gasteiger charge is -2.25. The molecule has 0 bridgehead atoms. The van der Waals surface area contributed by atoms with Gasteiger partial charge in [-0.15, -0.1) is 0 Å². The van der Waals surface area contributed by atoms with Gasteiger partial charge in [0.15, 0.2) is 0 Å². The Hall–Kier alpha value is -1.60. The van der Waals surface area contributed by atoms with Crippen molar-refractivity contribution >= 4 is 28.6 Å². The van der Waals surface area contributed by atoms with Crippen LogP contribution in [-0.2, 0) is 20.9 Å². The van der Waals surface area contributed by atoms with Crippen molar-refractivity contribution in [2.24, 2.45) is 35.0 Å². The van der Waals surface area contributed by atoms with Crippen molar-refractivity contribution in [3.05, 3.63) is 62.8 Å². The summed E-state index contributed by atoms with van der Waals surface area (Å²) < 4.78 is 18.6. The molecule has 1 aromatic rings. The molecular weight excluding hydrogens is 587 g/mol. The Morgan fingerprint density at radius 3 is 2.82 bits per heavy atom. The first kappa shape index (κ1) is 27.9. The Labute approximate surface area is 242 Å². The molecular formula is C33H43IO4. The Morgan fingerprint density at radius 2 is 2.05 bits per heavy atom. The normalized spacial score (nSPS) is 33.0. The number of fused-ring (bicyclic) bond motifs is 3. The van der Waals surface area contributed by atoms with Crippen molar-refractivity contribution in [3.8, 4) is 5.75 Å². The average molecular weight is 631 g/mol. The first-order valence-electron chi connectivity index (χ1n) is 14.4. The van der Waals surface area contributed by atoms with Crippen LogP contribution in [0.2, 0.25) is 0 Å². The number of esters is 1. The fraction of sp³-hybridized carbons (Fsp3) is 0.606. The van der Waals surface area contributed by atoms with Crippen molar-refractivity contribution in [3.63, 3.8) is 0 Å². The summed E-state index contributed by atoms with van der Waals surface area (Å²) >= 11 is 2.49. The number of methoxy groups -OCH3 is 1. The molecule has 0 N–H and O–H groups in total. The van der Waals surface area contributed by atoms with Gasteiger partial charge in [0.2, 0.25) is 0 Å². The van der Waals surface area contributed by atoms with E-state index >= 15 is 0 Å². The van der Waals surface area contributed by atoms with Gasteiger partial charge in [0.25, 0.3) is 0 Å². The van der Waals surface area contributed by atoms with Gasteiger partial charge in [-0.25, -0.2) is 0 Å². The largest absolute Gasteiger partial charge is 0.497 e. The van der Waals surface area contributed by atoms with Gasteiger partial charge in [0.1, 0.15) is 11.9 Å². The van der Waals surface area contributed by atoms with Crippen molar-refractivity contribution in [2.45, 2.75) is 78.4 Å². The molecule has 38 heavy (non-hydrogen) atoms. The van der Waals surface area contributed by atoms with Crippen molar-refractivity contribution < 1.29 is 19.0 Å². The zero-order chi connectivity index (χ0) is 26.9. The van der Waals surface area contributed by atoms with Crippen LogP contribution >= 0.6 is 22.6 Å². The summed E-state index contributed by atoms with van der Waals surface area (Å²) in [5.74, 6) is 3.07. The zero-order valence-electron chi connectivity index (χ0n) is 23.4. The van der Waals surface area contributed by atoms with Gasteiger partial charge in [0, 0.05) is 11.8 Å². The van der Waals surface area contributed by atoms with Gasteiger partial charge in [-0.1, -0.05) is 55.4 Å². The molecule has 5 rings (SSSR count). The molecule has 7 atom stereocenters. The van der Waals surface area contributed by atoms with Crippen molar-refractivity contribution in [1.29, 1.82) is 0 Å². The highest BCUT2D eigenvalue weighted by Crippen LogP contribution is 2.72. The molecule has 3 fully saturated rings. The molecule has 2 saturated carbocycles. The summed E-state index contributed by atoms with van der Waals surface area (Å²) in [6, 6.07) is 8.02. The Bertz CT molecular complexity index is 1100. The molecule has 206 valence electrons. The molecule has 1 aromatic carbocycles. The third-order valence-electron chi connectivity index (χ3n) is 9.71. The first-order valence-corrected chi connectivity index (χ1v) is 15.5. The van der Waals surface area contributed by atoms with Crippen LogP contribution in [0.1, 0.15) is 71.3 Å². The van der Waals surface area contributed by atoms with Crippen LogP contribution in [0.5, 0.6) is 5.75 Å². The van der Waals surface area contributed by atoms with Gasteiger partial charge in [-0.3, -0.25) is 4.79 Å². The molecule has 3 aliphatic carbocycles. The van der Waals surface area contributed by atoms with Crippen LogP contribution in [0.4, 0.5) is 0 Å². The topological polar surface area (TPSA) is 44.8 Å². The number of hydrogen-bond donors (Lipinski definition) is 0. The van der Waals surface area contributed by atoms with E-state index in [0.717, 1.165) is 43.4 Å². The van der Waals surface area contributed by atoms with E-state index in [9.17, 15) is 4.79 Å². The summed E-state index contributed by atoms with van der Waals surface area (Å²) in [5, 5.41) is 0. The third-order valence-corrected chi connectivity index (χ3v) is 11.2. The standard InChI is InChI=1S/C33H43IO4/c1-21(19-37-20-23-10-13-25(36-4)14-11-23)7-5-8-22(2)28(34)17-16-27-26-15-12-24-9-6-18-33(3)29(24)30(33)31(26)38-32(27)35/h7,9-11,13-14,17,22,26-27,29-31H,5-6,8,12,15-16,18-20H2,1-4H3/b21-7+,28-17-/t22-,26+,27-,29-,30-,31+,33-/m0/s1. The number of allylic oxidation sites excluding steroid dienone is 5. The summed E-state index contributed by atoms with van der Waals surface area (Å²) in [7, 11) is 1.68. The maximum atomic E-state index is 13.0. The van der Waals surface area contributed by atoms with Gasteiger partial charge in [-0.2, -0.15) is 0 Å². The molecule has 0 unspecified atom stereocenters. The van der Waals surface area contributed by atoms with E-state index < -0.39 is 0 Å². The summed E-state index contributed by atoms with van der Waals surface area (Å²) in [5.41, 5.74) is 4.47. The molecule has 1 saturated heterocycles. The molecule has 1 aliphatic heterocycles. The van der Waals surface area contributed by atoms with Crippen LogP contribution in [0.3, 0.4) is 0 Å². The van der Waals surface area contributed by atoms with Crippen molar-refractivity contribution in [2.75, 3.05) is 13.7 Å². The number of carbonyl (C=O) groups excluding carboxylic acids is 1. The highest BCUT2D eigenvalue weighted by atomic mass is 127. The van der Waals surface area contributed by atoms with Crippen LogP contribution in [0.25, 0.3) is 0 Å². The van der Waals surface area contributed by atoms with E-state index in [4.69, 9.17) is 14.2 Å². The molecule has 4 aliphatic rings. The second-order valence-electron chi connectivity index (χ2n) is 12.2. The summed E-state index contributed by atoms with van der Waals surface area (Å²) in [4.78, 5) is 13.0. The molecule has 0 spiro atoms. The average Bonchev–Trinajstić information content (AvgIpc) is 3.48. The number of halogens is 1. The van der Waals surface area contributed by atoms with Crippen molar-refractivity contribution in [1.82, 2.24) is 0 Å². The smallest absolute Gasteiger partial charge is 0.309 e. The minimum Gasteiger partial charge on any atom is -0.497 e. The Morgan fingerprint density at radius 1 is 1.26 bits per heavy atom.